The van der Waals surface area contributed by atoms with Crippen molar-refractivity contribution in [2.24, 2.45) is 0 Å². The first-order chi connectivity index (χ1) is 7.74. The van der Waals surface area contributed by atoms with Gasteiger partial charge in [-0.2, -0.15) is 0 Å². The van der Waals surface area contributed by atoms with E-state index in [4.69, 9.17) is 0 Å². The molecule has 16 heavy (non-hydrogen) atoms. The second-order valence-corrected chi connectivity index (χ2v) is 3.42. The SMILES string of the molecule is CCCNC(=O)C(=O)NCc1ccccc1. The summed E-state index contributed by atoms with van der Waals surface area (Å²) >= 11 is 0. The van der Waals surface area contributed by atoms with Gasteiger partial charge in [-0.15, -0.1) is 0 Å². The highest BCUT2D eigenvalue weighted by atomic mass is 16.2. The van der Waals surface area contributed by atoms with Gasteiger partial charge in [0.25, 0.3) is 0 Å². The van der Waals surface area contributed by atoms with Gasteiger partial charge in [0.2, 0.25) is 0 Å². The maximum absolute atomic E-state index is 11.3. The molecule has 0 aliphatic heterocycles. The third kappa shape index (κ3) is 4.13. The number of benzene rings is 1. The first kappa shape index (κ1) is 12.2. The van der Waals surface area contributed by atoms with Gasteiger partial charge >= 0.3 is 11.8 Å². The molecule has 4 heteroatoms. The van der Waals surface area contributed by atoms with Crippen molar-refractivity contribution in [3.63, 3.8) is 0 Å². The summed E-state index contributed by atoms with van der Waals surface area (Å²) in [5, 5.41) is 5.07. The molecule has 0 aromatic heterocycles. The van der Waals surface area contributed by atoms with Gasteiger partial charge in [-0.05, 0) is 12.0 Å². The van der Waals surface area contributed by atoms with Gasteiger partial charge in [0.05, 0.1) is 0 Å². The van der Waals surface area contributed by atoms with Gasteiger partial charge < -0.3 is 10.6 Å². The van der Waals surface area contributed by atoms with E-state index in [9.17, 15) is 9.59 Å². The molecule has 0 saturated heterocycles. The Hall–Kier alpha value is -1.84. The molecule has 0 radical (unpaired) electrons. The monoisotopic (exact) mass is 220 g/mol. The topological polar surface area (TPSA) is 58.2 Å². The average molecular weight is 220 g/mol. The number of nitrogens with one attached hydrogen (secondary N) is 2. The molecule has 0 saturated carbocycles. The van der Waals surface area contributed by atoms with Crippen LogP contribution >= 0.6 is 0 Å². The van der Waals surface area contributed by atoms with Gasteiger partial charge in [-0.25, -0.2) is 0 Å². The summed E-state index contributed by atoms with van der Waals surface area (Å²) in [6.45, 7) is 2.83. The van der Waals surface area contributed by atoms with Crippen LogP contribution in [0.5, 0.6) is 0 Å². The van der Waals surface area contributed by atoms with E-state index >= 15 is 0 Å². The Balaban J connectivity index is 2.32. The van der Waals surface area contributed by atoms with E-state index in [2.05, 4.69) is 10.6 Å². The Kier molecular flexibility index (Phi) is 5.05. The lowest BCUT2D eigenvalue weighted by atomic mass is 10.2. The quantitative estimate of drug-likeness (QED) is 0.738. The van der Waals surface area contributed by atoms with Gasteiger partial charge in [0, 0.05) is 13.1 Å². The largest absolute Gasteiger partial charge is 0.348 e. The molecule has 0 heterocycles. The number of hydrogen-bond donors (Lipinski definition) is 2. The van der Waals surface area contributed by atoms with Gasteiger partial charge in [-0.1, -0.05) is 37.3 Å². The number of carbonyl (C=O) groups excluding carboxylic acids is 2. The maximum atomic E-state index is 11.3. The van der Waals surface area contributed by atoms with E-state index in [1.807, 2.05) is 37.3 Å². The molecule has 1 aromatic carbocycles. The molecule has 86 valence electrons. The van der Waals surface area contributed by atoms with Gasteiger partial charge in [-0.3, -0.25) is 9.59 Å². The van der Waals surface area contributed by atoms with Crippen molar-refractivity contribution >= 4 is 11.8 Å². The van der Waals surface area contributed by atoms with Crippen LogP contribution < -0.4 is 10.6 Å². The summed E-state index contributed by atoms with van der Waals surface area (Å²) < 4.78 is 0. The fraction of sp³-hybridized carbons (Fsp3) is 0.333. The summed E-state index contributed by atoms with van der Waals surface area (Å²) in [7, 11) is 0. The molecular formula is C12H16N2O2. The predicted molar refractivity (Wildman–Crippen MR) is 61.6 cm³/mol. The van der Waals surface area contributed by atoms with Gasteiger partial charge in [0.15, 0.2) is 0 Å². The van der Waals surface area contributed by atoms with Crippen molar-refractivity contribution < 1.29 is 9.59 Å². The van der Waals surface area contributed by atoms with Crippen molar-refractivity contribution in [3.8, 4) is 0 Å². The predicted octanol–water partition coefficient (Wildman–Crippen LogP) is 0.829. The van der Waals surface area contributed by atoms with Crippen LogP contribution in [0.1, 0.15) is 18.9 Å². The third-order valence-electron chi connectivity index (χ3n) is 2.04. The third-order valence-corrected chi connectivity index (χ3v) is 2.04. The maximum Gasteiger partial charge on any atom is 0.309 e. The Morgan fingerprint density at radius 1 is 1.06 bits per heavy atom. The van der Waals surface area contributed by atoms with Crippen LogP contribution in [0, 0.1) is 0 Å². The molecule has 0 atom stereocenters. The molecule has 1 rings (SSSR count). The summed E-state index contributed by atoms with van der Waals surface area (Å²) in [5.41, 5.74) is 0.971. The lowest BCUT2D eigenvalue weighted by Crippen LogP contribution is -2.39. The van der Waals surface area contributed by atoms with Crippen LogP contribution in [0.4, 0.5) is 0 Å². The van der Waals surface area contributed by atoms with E-state index in [1.54, 1.807) is 0 Å². The van der Waals surface area contributed by atoms with Crippen LogP contribution in [-0.4, -0.2) is 18.4 Å². The Bertz CT molecular complexity index is 349. The van der Waals surface area contributed by atoms with Crippen LogP contribution in [0.2, 0.25) is 0 Å². The van der Waals surface area contributed by atoms with Crippen molar-refractivity contribution in [1.29, 1.82) is 0 Å². The molecule has 0 spiro atoms. The second kappa shape index (κ2) is 6.61. The fourth-order valence-electron chi connectivity index (χ4n) is 1.18. The van der Waals surface area contributed by atoms with Crippen molar-refractivity contribution in [3.05, 3.63) is 35.9 Å². The second-order valence-electron chi connectivity index (χ2n) is 3.42. The minimum Gasteiger partial charge on any atom is -0.348 e. The van der Waals surface area contributed by atoms with Crippen molar-refractivity contribution in [2.45, 2.75) is 19.9 Å². The molecular weight excluding hydrogens is 204 g/mol. The van der Waals surface area contributed by atoms with Crippen LogP contribution in [-0.2, 0) is 16.1 Å². The molecule has 0 aliphatic carbocycles. The first-order valence-corrected chi connectivity index (χ1v) is 5.34. The molecule has 4 nitrogen and oxygen atoms in total. The zero-order valence-corrected chi connectivity index (χ0v) is 9.32. The Labute approximate surface area is 95.0 Å². The molecule has 0 bridgehead atoms. The summed E-state index contributed by atoms with van der Waals surface area (Å²) in [5.74, 6) is -1.16. The number of hydrogen-bond acceptors (Lipinski definition) is 2. The van der Waals surface area contributed by atoms with Crippen molar-refractivity contribution in [2.75, 3.05) is 6.54 Å². The zero-order valence-electron chi connectivity index (χ0n) is 9.32. The fourth-order valence-corrected chi connectivity index (χ4v) is 1.18. The van der Waals surface area contributed by atoms with Crippen LogP contribution in [0.3, 0.4) is 0 Å². The zero-order chi connectivity index (χ0) is 11.8. The normalized spacial score (nSPS) is 9.56. The average Bonchev–Trinajstić information content (AvgIpc) is 2.34. The molecule has 2 amide bonds. The number of rotatable bonds is 4. The highest BCUT2D eigenvalue weighted by Gasteiger charge is 2.11. The lowest BCUT2D eigenvalue weighted by Gasteiger charge is -2.05. The number of amides is 2. The Morgan fingerprint density at radius 3 is 2.31 bits per heavy atom. The van der Waals surface area contributed by atoms with E-state index in [0.29, 0.717) is 13.1 Å². The first-order valence-electron chi connectivity index (χ1n) is 5.34. The van der Waals surface area contributed by atoms with Crippen LogP contribution in [0.25, 0.3) is 0 Å². The van der Waals surface area contributed by atoms with Crippen LogP contribution in [0.15, 0.2) is 30.3 Å². The highest BCUT2D eigenvalue weighted by Crippen LogP contribution is 1.96. The molecule has 0 unspecified atom stereocenters. The van der Waals surface area contributed by atoms with E-state index in [0.717, 1.165) is 12.0 Å². The van der Waals surface area contributed by atoms with E-state index < -0.39 is 11.8 Å². The molecule has 0 aliphatic rings. The minimum atomic E-state index is -0.586. The summed E-state index contributed by atoms with van der Waals surface area (Å²) in [4.78, 5) is 22.5. The van der Waals surface area contributed by atoms with E-state index in [-0.39, 0.29) is 0 Å². The molecule has 2 N–H and O–H groups in total. The summed E-state index contributed by atoms with van der Waals surface area (Å²) in [6, 6.07) is 9.46. The smallest absolute Gasteiger partial charge is 0.309 e. The summed E-state index contributed by atoms with van der Waals surface area (Å²) in [6.07, 6.45) is 0.817. The lowest BCUT2D eigenvalue weighted by molar-refractivity contribution is -0.139. The Morgan fingerprint density at radius 2 is 1.69 bits per heavy atom. The standard InChI is InChI=1S/C12H16N2O2/c1-2-8-13-11(15)12(16)14-9-10-6-4-3-5-7-10/h3-7H,2,8-9H2,1H3,(H,13,15)(H,14,16). The van der Waals surface area contributed by atoms with E-state index in [1.165, 1.54) is 0 Å². The number of carbonyl (C=O) groups is 2. The van der Waals surface area contributed by atoms with Crippen molar-refractivity contribution in [1.82, 2.24) is 10.6 Å². The minimum absolute atomic E-state index is 0.374. The van der Waals surface area contributed by atoms with Gasteiger partial charge in [0.1, 0.15) is 0 Å². The molecule has 0 fully saturated rings. The molecule has 1 aromatic rings. The highest BCUT2D eigenvalue weighted by molar-refractivity contribution is 6.35.